The molecule has 0 aliphatic rings. The van der Waals surface area contributed by atoms with Crippen LogP contribution in [0.2, 0.25) is 0 Å². The number of nitrogens with zero attached hydrogens (tertiary/aromatic N) is 1. The molecule has 0 aliphatic carbocycles. The topological polar surface area (TPSA) is 64.4 Å². The quantitative estimate of drug-likeness (QED) is 0.243. The van der Waals surface area contributed by atoms with Crippen LogP contribution < -0.4 is 11.5 Å². The predicted octanol–water partition coefficient (Wildman–Crippen LogP) is -0.967. The number of nitrogens with two attached hydrogens (primary N) is 2. The summed E-state index contributed by atoms with van der Waals surface area (Å²) in [7, 11) is 0. The van der Waals surface area contributed by atoms with Crippen molar-refractivity contribution in [1.82, 2.24) is 0 Å². The summed E-state index contributed by atoms with van der Waals surface area (Å²) in [6, 6.07) is 0. The van der Waals surface area contributed by atoms with E-state index in [-0.39, 0.29) is 35.5 Å². The maximum atomic E-state index is 4.69. The molecule has 0 spiro atoms. The molecule has 0 rings (SSSR count). The smallest absolute Gasteiger partial charge is 0.203 e. The van der Waals surface area contributed by atoms with Crippen LogP contribution in [0, 0.1) is 0 Å². The van der Waals surface area contributed by atoms with Crippen molar-refractivity contribution >= 4 is 47.3 Å². The minimum atomic E-state index is -0.105. The van der Waals surface area contributed by atoms with Gasteiger partial charge in [-0.25, -0.2) is 0 Å². The maximum absolute atomic E-state index is 4.69. The first-order valence-corrected chi connectivity index (χ1v) is 1.31. The molecule has 4 N–H and O–H groups in total. The molecule has 0 aromatic rings. The SMILES string of the molecule is NC(N)=NCl.[Na]. The van der Waals surface area contributed by atoms with E-state index in [9.17, 15) is 0 Å². The van der Waals surface area contributed by atoms with Crippen LogP contribution in [0.1, 0.15) is 0 Å². The van der Waals surface area contributed by atoms with Gasteiger partial charge in [-0.2, -0.15) is 0 Å². The van der Waals surface area contributed by atoms with E-state index < -0.39 is 0 Å². The summed E-state index contributed by atoms with van der Waals surface area (Å²) >= 11 is 4.67. The Balaban J connectivity index is 0. The Morgan fingerprint density at radius 3 is 1.67 bits per heavy atom. The van der Waals surface area contributed by atoms with Crippen LogP contribution in [0.4, 0.5) is 0 Å². The third-order valence-corrected chi connectivity index (χ3v) is 0.293. The Bertz CT molecular complexity index is 48.8. The predicted molar refractivity (Wildman–Crippen MR) is 27.4 cm³/mol. The Hall–Kier alpha value is 0.560. The second-order valence-corrected chi connectivity index (χ2v) is 0.678. The summed E-state index contributed by atoms with van der Waals surface area (Å²) in [6.07, 6.45) is 0. The van der Waals surface area contributed by atoms with Gasteiger partial charge in [0, 0.05) is 41.3 Å². The van der Waals surface area contributed by atoms with Gasteiger partial charge in [-0.1, -0.05) is 0 Å². The van der Waals surface area contributed by atoms with Crippen molar-refractivity contribution in [2.45, 2.75) is 0 Å². The normalized spacial score (nSPS) is 5.50. The first-order valence-electron chi connectivity index (χ1n) is 0.970. The number of rotatable bonds is 0. The molecule has 6 heavy (non-hydrogen) atoms. The summed E-state index contributed by atoms with van der Waals surface area (Å²) in [4.78, 5) is 0. The van der Waals surface area contributed by atoms with Crippen molar-refractivity contribution in [1.29, 1.82) is 0 Å². The van der Waals surface area contributed by atoms with Crippen LogP contribution in [-0.2, 0) is 0 Å². The molecule has 0 unspecified atom stereocenters. The molecule has 0 amide bonds. The fraction of sp³-hybridized carbons (Fsp3) is 0. The molecule has 0 fully saturated rings. The van der Waals surface area contributed by atoms with Crippen LogP contribution >= 0.6 is 11.8 Å². The largest absolute Gasteiger partial charge is 0.369 e. The molecule has 3 nitrogen and oxygen atoms in total. The average molecular weight is 117 g/mol. The van der Waals surface area contributed by atoms with Crippen LogP contribution in [0.15, 0.2) is 4.51 Å². The van der Waals surface area contributed by atoms with Crippen molar-refractivity contribution < 1.29 is 0 Å². The van der Waals surface area contributed by atoms with Gasteiger partial charge in [0.05, 0.1) is 0 Å². The Kier molecular flexibility index (Phi) is 9.04. The van der Waals surface area contributed by atoms with E-state index >= 15 is 0 Å². The van der Waals surface area contributed by atoms with E-state index in [4.69, 9.17) is 0 Å². The molecule has 5 heteroatoms. The Morgan fingerprint density at radius 1 is 1.50 bits per heavy atom. The molecular weight excluding hydrogens is 112 g/mol. The second-order valence-electron chi connectivity index (χ2n) is 0.509. The Morgan fingerprint density at radius 2 is 1.67 bits per heavy atom. The monoisotopic (exact) mass is 116 g/mol. The summed E-state index contributed by atoms with van der Waals surface area (Å²) in [5, 5.41) is 0. The molecule has 0 atom stereocenters. The van der Waals surface area contributed by atoms with Crippen LogP contribution in [0.5, 0.6) is 0 Å². The molecule has 0 aliphatic heterocycles. The summed E-state index contributed by atoms with van der Waals surface area (Å²) < 4.78 is 2.83. The van der Waals surface area contributed by atoms with E-state index in [1.54, 1.807) is 0 Å². The first-order chi connectivity index (χ1) is 2.27. The van der Waals surface area contributed by atoms with Gasteiger partial charge in [-0.3, -0.25) is 0 Å². The number of guanidine groups is 1. The summed E-state index contributed by atoms with van der Waals surface area (Å²) in [5.74, 6) is -0.105. The number of halogens is 1. The van der Waals surface area contributed by atoms with Gasteiger partial charge in [0.2, 0.25) is 5.96 Å². The third-order valence-electron chi connectivity index (χ3n) is 0.0976. The van der Waals surface area contributed by atoms with E-state index in [1.165, 1.54) is 0 Å². The molecular formula is CH4ClN3Na. The van der Waals surface area contributed by atoms with Gasteiger partial charge in [0.15, 0.2) is 0 Å². The molecule has 0 heterocycles. The molecule has 31 valence electrons. The van der Waals surface area contributed by atoms with Gasteiger partial charge in [0.1, 0.15) is 0 Å². The van der Waals surface area contributed by atoms with E-state index in [2.05, 4.69) is 27.8 Å². The molecule has 0 aromatic carbocycles. The van der Waals surface area contributed by atoms with E-state index in [0.717, 1.165) is 0 Å². The van der Waals surface area contributed by atoms with Gasteiger partial charge in [-0.05, 0) is 0 Å². The minimum Gasteiger partial charge on any atom is -0.369 e. The van der Waals surface area contributed by atoms with Crippen molar-refractivity contribution in [3.8, 4) is 0 Å². The number of hydrogen-bond acceptors (Lipinski definition) is 1. The zero-order valence-electron chi connectivity index (χ0n) is 3.48. The third kappa shape index (κ3) is 8.82. The summed E-state index contributed by atoms with van der Waals surface area (Å²) in [6.45, 7) is 0. The average Bonchev–Trinajstić information content (AvgIpc) is 1.38. The van der Waals surface area contributed by atoms with Crippen LogP contribution in [-0.4, -0.2) is 35.5 Å². The molecule has 0 aromatic heterocycles. The molecule has 0 saturated heterocycles. The first kappa shape index (κ1) is 9.75. The maximum Gasteiger partial charge on any atom is 0.203 e. The van der Waals surface area contributed by atoms with Gasteiger partial charge in [-0.15, -0.1) is 4.51 Å². The molecule has 0 bridgehead atoms. The molecule has 0 saturated carbocycles. The number of hydrogen-bond donors (Lipinski definition) is 2. The van der Waals surface area contributed by atoms with Crippen LogP contribution in [0.25, 0.3) is 0 Å². The van der Waals surface area contributed by atoms with E-state index in [1.807, 2.05) is 0 Å². The second kappa shape index (κ2) is 5.56. The van der Waals surface area contributed by atoms with Crippen molar-refractivity contribution in [3.63, 3.8) is 0 Å². The minimum absolute atomic E-state index is 0. The zero-order valence-corrected chi connectivity index (χ0v) is 6.24. The summed E-state index contributed by atoms with van der Waals surface area (Å²) in [5.41, 5.74) is 9.38. The fourth-order valence-corrected chi connectivity index (χ4v) is 0. The zero-order chi connectivity index (χ0) is 4.28. The van der Waals surface area contributed by atoms with E-state index in [0.29, 0.717) is 0 Å². The van der Waals surface area contributed by atoms with Crippen molar-refractivity contribution in [3.05, 3.63) is 0 Å². The Labute approximate surface area is 63.1 Å². The molecule has 1 radical (unpaired) electrons. The van der Waals surface area contributed by atoms with Crippen molar-refractivity contribution in [2.75, 3.05) is 0 Å². The van der Waals surface area contributed by atoms with Crippen LogP contribution in [0.3, 0.4) is 0 Å². The van der Waals surface area contributed by atoms with Gasteiger partial charge >= 0.3 is 0 Å². The fourth-order valence-electron chi connectivity index (χ4n) is 0. The van der Waals surface area contributed by atoms with Gasteiger partial charge < -0.3 is 11.5 Å². The van der Waals surface area contributed by atoms with Crippen molar-refractivity contribution in [2.24, 2.45) is 16.0 Å². The standard InChI is InChI=1S/CH4ClN3.Na/c2-5-1(3)4;/h(H4,3,4,5);. The van der Waals surface area contributed by atoms with Gasteiger partial charge in [0.25, 0.3) is 0 Å².